The number of ether oxygens (including phenoxy) is 2. The van der Waals surface area contributed by atoms with Crippen LogP contribution in [0.4, 0.5) is 0 Å². The third kappa shape index (κ3) is 3.99. The predicted molar refractivity (Wildman–Crippen MR) is 106 cm³/mol. The van der Waals surface area contributed by atoms with Gasteiger partial charge in [0.05, 0.1) is 30.8 Å². The number of nitriles is 1. The Morgan fingerprint density at radius 2 is 2.11 bits per heavy atom. The van der Waals surface area contributed by atoms with Crippen LogP contribution in [0.3, 0.4) is 0 Å². The molecule has 142 valence electrons. The van der Waals surface area contributed by atoms with Crippen LogP contribution in [0, 0.1) is 16.7 Å². The molecule has 3 rings (SSSR count). The molecule has 2 heterocycles. The molecule has 1 aromatic rings. The quantitative estimate of drug-likeness (QED) is 0.767. The number of methoxy groups -OCH3 is 1. The molecule has 0 bridgehead atoms. The van der Waals surface area contributed by atoms with Gasteiger partial charge in [-0.25, -0.2) is 4.99 Å². The average Bonchev–Trinajstić information content (AvgIpc) is 3.42. The van der Waals surface area contributed by atoms with Gasteiger partial charge in [-0.15, -0.1) is 0 Å². The van der Waals surface area contributed by atoms with Crippen molar-refractivity contribution in [3.63, 3.8) is 0 Å². The van der Waals surface area contributed by atoms with E-state index < -0.39 is 5.85 Å². The van der Waals surface area contributed by atoms with Crippen LogP contribution in [0.2, 0.25) is 0 Å². The second-order valence-electron chi connectivity index (χ2n) is 8.00. The number of rotatable bonds is 3. The fourth-order valence-electron chi connectivity index (χ4n) is 3.10. The van der Waals surface area contributed by atoms with E-state index >= 15 is 0 Å². The molecule has 1 saturated heterocycles. The van der Waals surface area contributed by atoms with Gasteiger partial charge >= 0.3 is 0 Å². The van der Waals surface area contributed by atoms with Crippen molar-refractivity contribution >= 4 is 12.0 Å². The summed E-state index contributed by atoms with van der Waals surface area (Å²) in [5.74, 6) is 0.187. The van der Waals surface area contributed by atoms with Crippen LogP contribution in [-0.4, -0.2) is 49.3 Å². The highest BCUT2D eigenvalue weighted by Gasteiger charge is 2.53. The molecular weight excluding hydrogens is 340 g/mol. The van der Waals surface area contributed by atoms with Crippen LogP contribution in [0.1, 0.15) is 31.9 Å². The third-order valence-corrected chi connectivity index (χ3v) is 4.54. The summed E-state index contributed by atoms with van der Waals surface area (Å²) in [7, 11) is 3.58. The molecular formula is C21H26N4O2. The second kappa shape index (κ2) is 7.09. The highest BCUT2D eigenvalue weighted by Crippen LogP contribution is 2.37. The molecule has 0 amide bonds. The highest BCUT2D eigenvalue weighted by atomic mass is 16.6. The first kappa shape index (κ1) is 19.0. The van der Waals surface area contributed by atoms with Crippen molar-refractivity contribution in [3.8, 4) is 11.8 Å². The van der Waals surface area contributed by atoms with Gasteiger partial charge in [-0.05, 0) is 35.8 Å². The second-order valence-corrected chi connectivity index (χ2v) is 8.00. The molecule has 6 heteroatoms. The SMILES string of the molecule is COc1ccc(C#N)cc1/C1=C/C=C/N(CC(C)(C)C)C2(CO2)N(C)C=N1. The molecule has 2 aliphatic rings. The molecule has 1 aromatic carbocycles. The van der Waals surface area contributed by atoms with Gasteiger partial charge in [0.1, 0.15) is 12.4 Å². The standard InChI is InChI=1S/C21H26N4O2/c1-20(2,3)13-25-10-6-7-18(23-15-24(4)21(25)14-27-21)17-11-16(12-22)8-9-19(17)26-5/h6-11,15H,13-14H2,1-5H3/b10-6+,18-7-,23-15?. The van der Waals surface area contributed by atoms with Crippen molar-refractivity contribution in [3.05, 3.63) is 47.7 Å². The lowest BCUT2D eigenvalue weighted by atomic mass is 9.96. The lowest BCUT2D eigenvalue weighted by molar-refractivity contribution is 0.0115. The molecule has 1 fully saturated rings. The Kier molecular flexibility index (Phi) is 4.99. The van der Waals surface area contributed by atoms with Crippen molar-refractivity contribution in [1.29, 1.82) is 5.26 Å². The first-order chi connectivity index (χ1) is 12.8. The van der Waals surface area contributed by atoms with Gasteiger partial charge < -0.3 is 19.3 Å². The zero-order valence-electron chi connectivity index (χ0n) is 16.6. The Bertz CT molecular complexity index is 839. The zero-order chi connectivity index (χ0) is 19.7. The van der Waals surface area contributed by atoms with Crippen LogP contribution >= 0.6 is 0 Å². The normalized spacial score (nSPS) is 25.1. The first-order valence-corrected chi connectivity index (χ1v) is 8.94. The summed E-state index contributed by atoms with van der Waals surface area (Å²) in [5, 5.41) is 9.24. The van der Waals surface area contributed by atoms with Crippen molar-refractivity contribution in [2.45, 2.75) is 26.6 Å². The minimum Gasteiger partial charge on any atom is -0.496 e. The summed E-state index contributed by atoms with van der Waals surface area (Å²) in [6.07, 6.45) is 7.73. The van der Waals surface area contributed by atoms with Crippen LogP contribution in [0.5, 0.6) is 5.75 Å². The minimum absolute atomic E-state index is 0.117. The fourth-order valence-corrected chi connectivity index (χ4v) is 3.10. The van der Waals surface area contributed by atoms with Crippen LogP contribution in [0.15, 0.2) is 41.5 Å². The highest BCUT2D eigenvalue weighted by molar-refractivity contribution is 5.78. The van der Waals surface area contributed by atoms with Crippen molar-refractivity contribution in [2.24, 2.45) is 10.4 Å². The van der Waals surface area contributed by atoms with Crippen LogP contribution < -0.4 is 4.74 Å². The average molecular weight is 366 g/mol. The van der Waals surface area contributed by atoms with E-state index in [0.717, 1.165) is 17.8 Å². The maximum absolute atomic E-state index is 9.24. The molecule has 0 saturated carbocycles. The fraction of sp³-hybridized carbons (Fsp3) is 0.429. The van der Waals surface area contributed by atoms with E-state index in [0.29, 0.717) is 17.9 Å². The van der Waals surface area contributed by atoms with Crippen LogP contribution in [-0.2, 0) is 4.74 Å². The molecule has 2 aliphatic heterocycles. The monoisotopic (exact) mass is 366 g/mol. The summed E-state index contributed by atoms with van der Waals surface area (Å²) in [4.78, 5) is 8.86. The van der Waals surface area contributed by atoms with Gasteiger partial charge in [0.2, 0.25) is 5.85 Å². The summed E-state index contributed by atoms with van der Waals surface area (Å²) in [6.45, 7) is 8.09. The number of epoxide rings is 1. The van der Waals surface area contributed by atoms with E-state index in [4.69, 9.17) is 9.47 Å². The number of allylic oxidation sites excluding steroid dienone is 2. The summed E-state index contributed by atoms with van der Waals surface area (Å²) < 4.78 is 11.3. The minimum atomic E-state index is -0.491. The first-order valence-electron chi connectivity index (χ1n) is 8.94. The maximum Gasteiger partial charge on any atom is 0.246 e. The van der Waals surface area contributed by atoms with Gasteiger partial charge in [-0.1, -0.05) is 20.8 Å². The van der Waals surface area contributed by atoms with E-state index in [-0.39, 0.29) is 5.41 Å². The van der Waals surface area contributed by atoms with Crippen molar-refractivity contribution < 1.29 is 9.47 Å². The van der Waals surface area contributed by atoms with Gasteiger partial charge in [-0.2, -0.15) is 5.26 Å². The smallest absolute Gasteiger partial charge is 0.246 e. The van der Waals surface area contributed by atoms with Gasteiger partial charge in [0, 0.05) is 25.4 Å². The molecule has 1 unspecified atom stereocenters. The Labute approximate surface area is 161 Å². The van der Waals surface area contributed by atoms with Gasteiger partial charge in [0.15, 0.2) is 0 Å². The van der Waals surface area contributed by atoms with E-state index in [9.17, 15) is 5.26 Å². The molecule has 0 radical (unpaired) electrons. The lowest BCUT2D eigenvalue weighted by Gasteiger charge is -2.37. The topological polar surface area (TPSA) is 64.4 Å². The maximum atomic E-state index is 9.24. The van der Waals surface area contributed by atoms with Crippen LogP contribution in [0.25, 0.3) is 5.70 Å². The largest absolute Gasteiger partial charge is 0.496 e. The van der Waals surface area contributed by atoms with E-state index in [1.165, 1.54) is 0 Å². The van der Waals surface area contributed by atoms with Gasteiger partial charge in [-0.3, -0.25) is 0 Å². The zero-order valence-corrected chi connectivity index (χ0v) is 16.6. The number of benzene rings is 1. The Balaban J connectivity index is 2.02. The lowest BCUT2D eigenvalue weighted by Crippen LogP contribution is -2.49. The molecule has 0 aromatic heterocycles. The summed E-state index contributed by atoms with van der Waals surface area (Å²) in [5.41, 5.74) is 2.18. The number of hydrogen-bond acceptors (Lipinski definition) is 6. The number of nitrogens with zero attached hydrogens (tertiary/aromatic N) is 4. The van der Waals surface area contributed by atoms with Crippen molar-refractivity contribution in [1.82, 2.24) is 9.80 Å². The molecule has 1 atom stereocenters. The van der Waals surface area contributed by atoms with E-state index in [1.807, 2.05) is 30.3 Å². The molecule has 1 spiro atoms. The molecule has 0 N–H and O–H groups in total. The van der Waals surface area contributed by atoms with Crippen molar-refractivity contribution in [2.75, 3.05) is 27.3 Å². The summed E-state index contributed by atoms with van der Waals surface area (Å²) >= 11 is 0. The van der Waals surface area contributed by atoms with Gasteiger partial charge in [0.25, 0.3) is 0 Å². The molecule has 0 aliphatic carbocycles. The van der Waals surface area contributed by atoms with E-state index in [2.05, 4.69) is 36.7 Å². The Morgan fingerprint density at radius 3 is 2.70 bits per heavy atom. The Hall–Kier alpha value is -2.78. The molecule has 6 nitrogen and oxygen atoms in total. The molecule has 27 heavy (non-hydrogen) atoms. The summed E-state index contributed by atoms with van der Waals surface area (Å²) in [6, 6.07) is 7.50. The predicted octanol–water partition coefficient (Wildman–Crippen LogP) is 3.43. The number of likely N-dealkylation sites (N-methyl/N-ethyl adjacent to an activating group) is 1. The number of hydrogen-bond donors (Lipinski definition) is 0. The third-order valence-electron chi connectivity index (χ3n) is 4.54. The Morgan fingerprint density at radius 1 is 1.37 bits per heavy atom. The van der Waals surface area contributed by atoms with E-state index in [1.54, 1.807) is 31.6 Å². The number of aliphatic imine (C=N–C) groups is 1.